The highest BCUT2D eigenvalue weighted by Gasteiger charge is 2.00. The lowest BCUT2D eigenvalue weighted by Gasteiger charge is -2.19. The number of unbranched alkanes of at least 4 members (excludes halogenated alkanes) is 1. The number of nitrogens with zero attached hydrogens (tertiary/aromatic N) is 2. The third-order valence-corrected chi connectivity index (χ3v) is 4.18. The Bertz CT molecular complexity index is 616. The van der Waals surface area contributed by atoms with Crippen molar-refractivity contribution in [3.05, 3.63) is 66.2 Å². The van der Waals surface area contributed by atoms with Crippen molar-refractivity contribution < 1.29 is 0 Å². The molecule has 2 N–H and O–H groups in total. The first-order valence-electron chi connectivity index (χ1n) is 9.04. The van der Waals surface area contributed by atoms with Gasteiger partial charge in [-0.2, -0.15) is 0 Å². The minimum atomic E-state index is 0. The third-order valence-electron chi connectivity index (χ3n) is 4.18. The van der Waals surface area contributed by atoms with Gasteiger partial charge in [-0.15, -0.1) is 24.0 Å². The van der Waals surface area contributed by atoms with E-state index in [4.69, 9.17) is 0 Å². The molecular formula is C21H31IN4. The lowest BCUT2D eigenvalue weighted by Crippen LogP contribution is -2.38. The Balaban J connectivity index is 0.00000338. The number of anilines is 1. The average Bonchev–Trinajstić information content (AvgIpc) is 2.67. The minimum absolute atomic E-state index is 0. The summed E-state index contributed by atoms with van der Waals surface area (Å²) < 4.78 is 0. The molecule has 2 aromatic rings. The Morgan fingerprint density at radius 3 is 2.15 bits per heavy atom. The van der Waals surface area contributed by atoms with Crippen LogP contribution in [0.4, 0.5) is 5.69 Å². The van der Waals surface area contributed by atoms with Crippen LogP contribution in [0.25, 0.3) is 0 Å². The van der Waals surface area contributed by atoms with Crippen molar-refractivity contribution in [1.29, 1.82) is 0 Å². The highest BCUT2D eigenvalue weighted by Crippen LogP contribution is 2.11. The summed E-state index contributed by atoms with van der Waals surface area (Å²) in [6.45, 7) is 2.89. The van der Waals surface area contributed by atoms with E-state index in [1.807, 2.05) is 13.1 Å². The molecule has 0 radical (unpaired) electrons. The van der Waals surface area contributed by atoms with E-state index in [0.717, 1.165) is 44.9 Å². The highest BCUT2D eigenvalue weighted by molar-refractivity contribution is 14.0. The molecule has 2 rings (SSSR count). The summed E-state index contributed by atoms with van der Waals surface area (Å²) in [5.41, 5.74) is 2.61. The van der Waals surface area contributed by atoms with Crippen LogP contribution in [-0.2, 0) is 6.42 Å². The van der Waals surface area contributed by atoms with Crippen LogP contribution >= 0.6 is 24.0 Å². The largest absolute Gasteiger partial charge is 0.375 e. The second kappa shape index (κ2) is 13.4. The standard InChI is InChI=1S/C21H30N4.HI/c1-22-21(24-17-15-19-11-5-3-6-12-19)23-16-9-10-18-25(2)20-13-7-4-8-14-20;/h3-8,11-14H,9-10,15-18H2,1-2H3,(H2,22,23,24);1H. The molecule has 0 atom stereocenters. The lowest BCUT2D eigenvalue weighted by molar-refractivity contribution is 0.686. The second-order valence-corrected chi connectivity index (χ2v) is 6.13. The number of benzene rings is 2. The molecule has 2 aromatic carbocycles. The van der Waals surface area contributed by atoms with Gasteiger partial charge in [-0.25, -0.2) is 0 Å². The number of nitrogens with one attached hydrogen (secondary N) is 2. The van der Waals surface area contributed by atoms with Gasteiger partial charge in [0.2, 0.25) is 0 Å². The molecule has 0 aliphatic carbocycles. The normalized spacial score (nSPS) is 10.8. The molecule has 0 saturated heterocycles. The molecule has 0 unspecified atom stereocenters. The summed E-state index contributed by atoms with van der Waals surface area (Å²) in [4.78, 5) is 6.58. The number of hydrogen-bond donors (Lipinski definition) is 2. The maximum absolute atomic E-state index is 4.28. The second-order valence-electron chi connectivity index (χ2n) is 6.13. The molecule has 0 fully saturated rings. The molecule has 0 bridgehead atoms. The number of halogens is 1. The molecule has 5 heteroatoms. The van der Waals surface area contributed by atoms with E-state index in [0.29, 0.717) is 0 Å². The van der Waals surface area contributed by atoms with Crippen molar-refractivity contribution >= 4 is 35.6 Å². The predicted octanol–water partition coefficient (Wildman–Crippen LogP) is 3.93. The lowest BCUT2D eigenvalue weighted by atomic mass is 10.1. The summed E-state index contributed by atoms with van der Waals surface area (Å²) >= 11 is 0. The topological polar surface area (TPSA) is 39.7 Å². The van der Waals surface area contributed by atoms with Crippen molar-refractivity contribution in [1.82, 2.24) is 10.6 Å². The SMILES string of the molecule is CN=C(NCCCCN(C)c1ccccc1)NCCc1ccccc1.I. The summed E-state index contributed by atoms with van der Waals surface area (Å²) in [7, 11) is 3.97. The van der Waals surface area contributed by atoms with Gasteiger partial charge in [-0.1, -0.05) is 48.5 Å². The molecule has 0 saturated carbocycles. The molecule has 0 aromatic heterocycles. The fourth-order valence-electron chi connectivity index (χ4n) is 2.68. The van der Waals surface area contributed by atoms with Crippen molar-refractivity contribution in [3.8, 4) is 0 Å². The van der Waals surface area contributed by atoms with Gasteiger partial charge in [0.05, 0.1) is 0 Å². The van der Waals surface area contributed by atoms with Gasteiger partial charge in [-0.05, 0) is 37.0 Å². The number of rotatable bonds is 9. The maximum atomic E-state index is 4.28. The van der Waals surface area contributed by atoms with Crippen LogP contribution in [-0.4, -0.2) is 39.7 Å². The number of para-hydroxylation sites is 1. The van der Waals surface area contributed by atoms with Crippen LogP contribution < -0.4 is 15.5 Å². The molecule has 0 heterocycles. The number of guanidine groups is 1. The molecule has 142 valence electrons. The Labute approximate surface area is 175 Å². The molecule has 0 spiro atoms. The smallest absolute Gasteiger partial charge is 0.190 e. The maximum Gasteiger partial charge on any atom is 0.190 e. The Morgan fingerprint density at radius 1 is 0.885 bits per heavy atom. The van der Waals surface area contributed by atoms with Gasteiger partial charge in [0, 0.05) is 39.4 Å². The Hall–Kier alpha value is -1.76. The minimum Gasteiger partial charge on any atom is -0.375 e. The highest BCUT2D eigenvalue weighted by atomic mass is 127. The van der Waals surface area contributed by atoms with E-state index in [1.54, 1.807) is 0 Å². The fraction of sp³-hybridized carbons (Fsp3) is 0.381. The van der Waals surface area contributed by atoms with E-state index in [9.17, 15) is 0 Å². The van der Waals surface area contributed by atoms with Crippen LogP contribution in [0.1, 0.15) is 18.4 Å². The quantitative estimate of drug-likeness (QED) is 0.255. The predicted molar refractivity (Wildman–Crippen MR) is 124 cm³/mol. The number of aliphatic imine (C=N–C) groups is 1. The van der Waals surface area contributed by atoms with Crippen LogP contribution in [0.5, 0.6) is 0 Å². The van der Waals surface area contributed by atoms with Crippen molar-refractivity contribution in [2.24, 2.45) is 4.99 Å². The molecule has 0 amide bonds. The first-order valence-corrected chi connectivity index (χ1v) is 9.04. The molecule has 0 aliphatic heterocycles. The zero-order valence-corrected chi connectivity index (χ0v) is 18.1. The first kappa shape index (κ1) is 22.3. The fourth-order valence-corrected chi connectivity index (χ4v) is 2.68. The molecule has 26 heavy (non-hydrogen) atoms. The van der Waals surface area contributed by atoms with Crippen molar-refractivity contribution in [3.63, 3.8) is 0 Å². The average molecular weight is 466 g/mol. The summed E-state index contributed by atoms with van der Waals surface area (Å²) in [5, 5.41) is 6.76. The van der Waals surface area contributed by atoms with Gasteiger partial charge in [0.15, 0.2) is 5.96 Å². The van der Waals surface area contributed by atoms with Gasteiger partial charge >= 0.3 is 0 Å². The molecule has 0 aliphatic rings. The summed E-state index contributed by atoms with van der Waals surface area (Å²) in [6, 6.07) is 21.0. The molecular weight excluding hydrogens is 435 g/mol. The number of hydrogen-bond acceptors (Lipinski definition) is 2. The van der Waals surface area contributed by atoms with Crippen molar-refractivity contribution in [2.45, 2.75) is 19.3 Å². The van der Waals surface area contributed by atoms with E-state index in [1.165, 1.54) is 11.3 Å². The Kier molecular flexibility index (Phi) is 11.5. The van der Waals surface area contributed by atoms with Gasteiger partial charge < -0.3 is 15.5 Å². The zero-order chi connectivity index (χ0) is 17.7. The van der Waals surface area contributed by atoms with Crippen LogP contribution in [0.2, 0.25) is 0 Å². The Morgan fingerprint density at radius 2 is 1.50 bits per heavy atom. The van der Waals surface area contributed by atoms with Gasteiger partial charge in [-0.3, -0.25) is 4.99 Å². The van der Waals surface area contributed by atoms with Crippen LogP contribution in [0.3, 0.4) is 0 Å². The molecule has 4 nitrogen and oxygen atoms in total. The van der Waals surface area contributed by atoms with Gasteiger partial charge in [0.1, 0.15) is 0 Å². The van der Waals surface area contributed by atoms with E-state index >= 15 is 0 Å². The van der Waals surface area contributed by atoms with E-state index in [-0.39, 0.29) is 24.0 Å². The monoisotopic (exact) mass is 466 g/mol. The van der Waals surface area contributed by atoms with E-state index < -0.39 is 0 Å². The zero-order valence-electron chi connectivity index (χ0n) is 15.8. The summed E-state index contributed by atoms with van der Waals surface area (Å²) in [6.07, 6.45) is 3.28. The first-order chi connectivity index (χ1) is 12.3. The van der Waals surface area contributed by atoms with Gasteiger partial charge in [0.25, 0.3) is 0 Å². The summed E-state index contributed by atoms with van der Waals surface area (Å²) in [5.74, 6) is 0.882. The third kappa shape index (κ3) is 8.56. The van der Waals surface area contributed by atoms with Crippen LogP contribution in [0, 0.1) is 0 Å². The van der Waals surface area contributed by atoms with Crippen LogP contribution in [0.15, 0.2) is 65.7 Å². The van der Waals surface area contributed by atoms with Crippen molar-refractivity contribution in [2.75, 3.05) is 38.6 Å². The van der Waals surface area contributed by atoms with E-state index in [2.05, 4.69) is 82.2 Å².